The zero-order chi connectivity index (χ0) is 9.97. The summed E-state index contributed by atoms with van der Waals surface area (Å²) in [5, 5.41) is 0. The molecule has 0 amide bonds. The number of rotatable bonds is 2. The predicted octanol–water partition coefficient (Wildman–Crippen LogP) is 2.17. The Balaban J connectivity index is 2.29. The smallest absolute Gasteiger partial charge is 0.0713 e. The van der Waals surface area contributed by atoms with Crippen molar-refractivity contribution in [1.82, 2.24) is 0 Å². The number of hydrogen-bond donors (Lipinski definition) is 1. The summed E-state index contributed by atoms with van der Waals surface area (Å²) in [7, 11) is 1.73. The van der Waals surface area contributed by atoms with Crippen LogP contribution < -0.4 is 5.73 Å². The Hall–Kier alpha value is -0.860. The van der Waals surface area contributed by atoms with Crippen LogP contribution in [0.3, 0.4) is 0 Å². The largest absolute Gasteiger partial charge is 0.380 e. The summed E-state index contributed by atoms with van der Waals surface area (Å²) in [6, 6.07) is 6.76. The first-order valence-electron chi connectivity index (χ1n) is 5.17. The van der Waals surface area contributed by atoms with E-state index in [2.05, 4.69) is 18.2 Å². The van der Waals surface area contributed by atoms with Crippen LogP contribution in [0.5, 0.6) is 0 Å². The van der Waals surface area contributed by atoms with Gasteiger partial charge in [-0.3, -0.25) is 0 Å². The molecule has 14 heavy (non-hydrogen) atoms. The van der Waals surface area contributed by atoms with E-state index in [0.717, 1.165) is 6.42 Å². The molecule has 0 heterocycles. The third-order valence-corrected chi connectivity index (χ3v) is 2.88. The van der Waals surface area contributed by atoms with Crippen LogP contribution in [0.4, 0.5) is 0 Å². The van der Waals surface area contributed by atoms with Crippen LogP contribution in [0, 0.1) is 0 Å². The van der Waals surface area contributed by atoms with Crippen molar-refractivity contribution in [3.63, 3.8) is 0 Å². The van der Waals surface area contributed by atoms with Crippen molar-refractivity contribution in [2.24, 2.45) is 5.73 Å². The molecule has 2 rings (SSSR count). The fourth-order valence-electron chi connectivity index (χ4n) is 2.16. The average Bonchev–Trinajstić information content (AvgIpc) is 2.18. The van der Waals surface area contributed by atoms with Crippen LogP contribution in [-0.4, -0.2) is 7.11 Å². The van der Waals surface area contributed by atoms with E-state index in [1.165, 1.54) is 29.5 Å². The molecule has 0 fully saturated rings. The number of methoxy groups -OCH3 is 1. The molecule has 0 aromatic heterocycles. The van der Waals surface area contributed by atoms with Gasteiger partial charge >= 0.3 is 0 Å². The van der Waals surface area contributed by atoms with Gasteiger partial charge in [-0.1, -0.05) is 18.2 Å². The number of nitrogens with two attached hydrogens (primary N) is 1. The van der Waals surface area contributed by atoms with Gasteiger partial charge in [0, 0.05) is 13.2 Å². The maximum Gasteiger partial charge on any atom is 0.0713 e. The molecule has 2 heteroatoms. The molecule has 1 aliphatic rings. The Bertz CT molecular complexity index is 322. The number of fused-ring (bicyclic) bond motifs is 1. The number of hydrogen-bond acceptors (Lipinski definition) is 2. The van der Waals surface area contributed by atoms with Crippen molar-refractivity contribution in [3.05, 3.63) is 34.9 Å². The van der Waals surface area contributed by atoms with E-state index >= 15 is 0 Å². The topological polar surface area (TPSA) is 35.2 Å². The summed E-state index contributed by atoms with van der Waals surface area (Å²) >= 11 is 0. The van der Waals surface area contributed by atoms with Gasteiger partial charge in [0.25, 0.3) is 0 Å². The second-order valence-electron chi connectivity index (χ2n) is 3.96. The van der Waals surface area contributed by atoms with Crippen LogP contribution >= 0.6 is 0 Å². The van der Waals surface area contributed by atoms with E-state index in [-0.39, 0.29) is 6.04 Å². The van der Waals surface area contributed by atoms with E-state index in [0.29, 0.717) is 6.61 Å². The van der Waals surface area contributed by atoms with E-state index in [9.17, 15) is 0 Å². The maximum absolute atomic E-state index is 6.04. The summed E-state index contributed by atoms with van der Waals surface area (Å²) in [4.78, 5) is 0. The molecular formula is C12H17NO. The number of benzene rings is 1. The quantitative estimate of drug-likeness (QED) is 0.777. The lowest BCUT2D eigenvalue weighted by molar-refractivity contribution is 0.185. The van der Waals surface area contributed by atoms with Crippen molar-refractivity contribution in [1.29, 1.82) is 0 Å². The van der Waals surface area contributed by atoms with Gasteiger partial charge in [-0.25, -0.2) is 0 Å². The van der Waals surface area contributed by atoms with Gasteiger partial charge in [0.05, 0.1) is 6.61 Å². The normalized spacial score (nSPS) is 20.6. The van der Waals surface area contributed by atoms with E-state index in [1.807, 2.05) is 0 Å². The molecule has 0 spiro atoms. The van der Waals surface area contributed by atoms with E-state index in [1.54, 1.807) is 7.11 Å². The van der Waals surface area contributed by atoms with Crippen LogP contribution in [0.25, 0.3) is 0 Å². The van der Waals surface area contributed by atoms with Gasteiger partial charge in [0.15, 0.2) is 0 Å². The van der Waals surface area contributed by atoms with Crippen molar-refractivity contribution in [2.75, 3.05) is 7.11 Å². The number of ether oxygens (including phenoxy) is 1. The lowest BCUT2D eigenvalue weighted by Gasteiger charge is -2.22. The molecule has 0 saturated heterocycles. The molecule has 0 unspecified atom stereocenters. The van der Waals surface area contributed by atoms with Crippen molar-refractivity contribution in [2.45, 2.75) is 31.9 Å². The minimum Gasteiger partial charge on any atom is -0.380 e. The Morgan fingerprint density at radius 2 is 2.36 bits per heavy atom. The van der Waals surface area contributed by atoms with Gasteiger partial charge in [0.1, 0.15) is 0 Å². The standard InChI is InChI=1S/C12H17NO/c1-14-8-9-5-6-11-10(7-9)3-2-4-12(11)13/h5-7,12H,2-4,8,13H2,1H3/t12-/m0/s1. The molecular weight excluding hydrogens is 174 g/mol. The lowest BCUT2D eigenvalue weighted by Crippen LogP contribution is -2.17. The van der Waals surface area contributed by atoms with Crippen molar-refractivity contribution in [3.8, 4) is 0 Å². The van der Waals surface area contributed by atoms with E-state index < -0.39 is 0 Å². The monoisotopic (exact) mass is 191 g/mol. The summed E-state index contributed by atoms with van der Waals surface area (Å²) in [6.45, 7) is 0.697. The SMILES string of the molecule is COCc1ccc2c(c1)CCC[C@@H]2N. The van der Waals surface area contributed by atoms with Crippen molar-refractivity contribution >= 4 is 0 Å². The van der Waals surface area contributed by atoms with Crippen molar-refractivity contribution < 1.29 is 4.74 Å². The Morgan fingerprint density at radius 3 is 3.14 bits per heavy atom. The highest BCUT2D eigenvalue weighted by molar-refractivity contribution is 5.35. The minimum absolute atomic E-state index is 0.246. The molecule has 2 nitrogen and oxygen atoms in total. The molecule has 1 aromatic carbocycles. The fourth-order valence-corrected chi connectivity index (χ4v) is 2.16. The van der Waals surface area contributed by atoms with Crippen LogP contribution in [0.1, 0.15) is 35.6 Å². The molecule has 1 atom stereocenters. The van der Waals surface area contributed by atoms with Crippen LogP contribution in [0.2, 0.25) is 0 Å². The molecule has 76 valence electrons. The van der Waals surface area contributed by atoms with Crippen LogP contribution in [-0.2, 0) is 17.8 Å². The Labute approximate surface area is 85.1 Å². The van der Waals surface area contributed by atoms with Gasteiger partial charge in [-0.2, -0.15) is 0 Å². The maximum atomic E-state index is 6.04. The first-order valence-corrected chi connectivity index (χ1v) is 5.17. The Morgan fingerprint density at radius 1 is 1.50 bits per heavy atom. The third kappa shape index (κ3) is 1.81. The molecule has 0 aliphatic heterocycles. The molecule has 0 bridgehead atoms. The zero-order valence-electron chi connectivity index (χ0n) is 8.62. The third-order valence-electron chi connectivity index (χ3n) is 2.88. The summed E-state index contributed by atoms with van der Waals surface area (Å²) in [5.74, 6) is 0. The van der Waals surface area contributed by atoms with Gasteiger partial charge < -0.3 is 10.5 Å². The highest BCUT2D eigenvalue weighted by atomic mass is 16.5. The lowest BCUT2D eigenvalue weighted by atomic mass is 9.87. The minimum atomic E-state index is 0.246. The predicted molar refractivity (Wildman–Crippen MR) is 57.0 cm³/mol. The highest BCUT2D eigenvalue weighted by Crippen LogP contribution is 2.28. The van der Waals surface area contributed by atoms with E-state index in [4.69, 9.17) is 10.5 Å². The highest BCUT2D eigenvalue weighted by Gasteiger charge is 2.16. The molecule has 0 saturated carbocycles. The Kier molecular flexibility index (Phi) is 2.85. The summed E-state index contributed by atoms with van der Waals surface area (Å²) < 4.78 is 5.11. The molecule has 2 N–H and O–H groups in total. The second kappa shape index (κ2) is 4.11. The van der Waals surface area contributed by atoms with Crippen LogP contribution in [0.15, 0.2) is 18.2 Å². The average molecular weight is 191 g/mol. The second-order valence-corrected chi connectivity index (χ2v) is 3.96. The first-order chi connectivity index (χ1) is 6.81. The number of aryl methyl sites for hydroxylation is 1. The molecule has 1 aliphatic carbocycles. The molecule has 0 radical (unpaired) electrons. The first kappa shape index (κ1) is 9.69. The molecule has 1 aromatic rings. The van der Waals surface area contributed by atoms with Gasteiger partial charge in [-0.05, 0) is 36.0 Å². The summed E-state index contributed by atoms with van der Waals surface area (Å²) in [6.07, 6.45) is 3.50. The zero-order valence-corrected chi connectivity index (χ0v) is 8.62. The summed E-state index contributed by atoms with van der Waals surface area (Å²) in [5.41, 5.74) is 10.0. The van der Waals surface area contributed by atoms with Gasteiger partial charge in [0.2, 0.25) is 0 Å². The van der Waals surface area contributed by atoms with Gasteiger partial charge in [-0.15, -0.1) is 0 Å². The fraction of sp³-hybridized carbons (Fsp3) is 0.500.